The number of para-hydroxylation sites is 1. The maximum atomic E-state index is 10.7. The molecule has 4 heteroatoms. The van der Waals surface area contributed by atoms with Gasteiger partial charge in [0.05, 0.1) is 4.47 Å². The Labute approximate surface area is 90.0 Å². The molecule has 1 rings (SSSR count). The number of carbonyl (C=O) groups is 1. The van der Waals surface area contributed by atoms with E-state index in [9.17, 15) is 4.79 Å². The van der Waals surface area contributed by atoms with Gasteiger partial charge >= 0.3 is 0 Å². The third-order valence-electron chi connectivity index (χ3n) is 1.46. The minimum absolute atomic E-state index is 0.504. The number of ether oxygens (including phenoxy) is 1. The van der Waals surface area contributed by atoms with Crippen LogP contribution in [0.5, 0.6) is 5.75 Å². The van der Waals surface area contributed by atoms with Crippen LogP contribution >= 0.6 is 27.5 Å². The van der Waals surface area contributed by atoms with Crippen molar-refractivity contribution in [1.82, 2.24) is 0 Å². The molecule has 0 fully saturated rings. The zero-order chi connectivity index (χ0) is 9.84. The highest BCUT2D eigenvalue weighted by Crippen LogP contribution is 2.24. The molecule has 0 radical (unpaired) electrons. The zero-order valence-corrected chi connectivity index (χ0v) is 9.30. The van der Waals surface area contributed by atoms with Gasteiger partial charge in [-0.25, -0.2) is 0 Å². The minimum atomic E-state index is -0.625. The van der Waals surface area contributed by atoms with E-state index in [-0.39, 0.29) is 0 Å². The number of carbonyl (C=O) groups excluding carboxylic acids is 1. The predicted octanol–water partition coefficient (Wildman–Crippen LogP) is 2.98. The molecule has 0 aliphatic rings. The fraction of sp³-hybridized carbons (Fsp3) is 0.222. The van der Waals surface area contributed by atoms with Gasteiger partial charge in [-0.3, -0.25) is 4.79 Å². The summed E-state index contributed by atoms with van der Waals surface area (Å²) in [5.41, 5.74) is 0. The Balaban J connectivity index is 2.74. The number of rotatable bonds is 3. The van der Waals surface area contributed by atoms with Gasteiger partial charge in [0.2, 0.25) is 0 Å². The molecule has 0 amide bonds. The Morgan fingerprint density at radius 3 is 2.69 bits per heavy atom. The maximum Gasteiger partial charge on any atom is 0.262 e. The van der Waals surface area contributed by atoms with Crippen molar-refractivity contribution in [3.05, 3.63) is 28.7 Å². The van der Waals surface area contributed by atoms with Gasteiger partial charge in [-0.05, 0) is 46.6 Å². The van der Waals surface area contributed by atoms with Crippen LogP contribution in [0.15, 0.2) is 28.7 Å². The van der Waals surface area contributed by atoms with Crippen molar-refractivity contribution in [1.29, 1.82) is 0 Å². The molecule has 1 atom stereocenters. The maximum absolute atomic E-state index is 10.7. The number of hydrogen-bond acceptors (Lipinski definition) is 2. The minimum Gasteiger partial charge on any atom is -0.480 e. The van der Waals surface area contributed by atoms with Crippen LogP contribution in [0.1, 0.15) is 6.92 Å². The summed E-state index contributed by atoms with van der Waals surface area (Å²) in [5, 5.41) is -0.504. The first-order valence-corrected chi connectivity index (χ1v) is 4.89. The van der Waals surface area contributed by atoms with Gasteiger partial charge in [0, 0.05) is 0 Å². The lowest BCUT2D eigenvalue weighted by molar-refractivity contribution is -0.117. The molecule has 2 nitrogen and oxygen atoms in total. The topological polar surface area (TPSA) is 26.3 Å². The average molecular weight is 264 g/mol. The second-order valence-corrected chi connectivity index (χ2v) is 3.72. The van der Waals surface area contributed by atoms with Gasteiger partial charge in [0.25, 0.3) is 5.24 Å². The van der Waals surface area contributed by atoms with E-state index in [1.807, 2.05) is 18.2 Å². The average Bonchev–Trinajstić information content (AvgIpc) is 2.08. The van der Waals surface area contributed by atoms with Gasteiger partial charge in [0.15, 0.2) is 6.10 Å². The molecule has 1 aromatic rings. The number of hydrogen-bond donors (Lipinski definition) is 0. The second kappa shape index (κ2) is 4.63. The lowest BCUT2D eigenvalue weighted by Crippen LogP contribution is -2.18. The molecule has 0 saturated heterocycles. The van der Waals surface area contributed by atoms with Crippen LogP contribution in [0.4, 0.5) is 0 Å². The molecule has 0 spiro atoms. The lowest BCUT2D eigenvalue weighted by Gasteiger charge is -2.11. The van der Waals surface area contributed by atoms with Crippen LogP contribution in [0, 0.1) is 0 Å². The number of benzene rings is 1. The van der Waals surface area contributed by atoms with Crippen molar-refractivity contribution in [3.8, 4) is 5.75 Å². The van der Waals surface area contributed by atoms with E-state index < -0.39 is 11.3 Å². The first-order valence-electron chi connectivity index (χ1n) is 3.72. The molecule has 0 heterocycles. The van der Waals surface area contributed by atoms with Crippen LogP contribution < -0.4 is 4.74 Å². The largest absolute Gasteiger partial charge is 0.480 e. The fourth-order valence-corrected chi connectivity index (χ4v) is 1.20. The molecule has 70 valence electrons. The highest BCUT2D eigenvalue weighted by Gasteiger charge is 2.12. The molecule has 0 aromatic heterocycles. The summed E-state index contributed by atoms with van der Waals surface area (Å²) in [6.07, 6.45) is -0.625. The summed E-state index contributed by atoms with van der Waals surface area (Å²) >= 11 is 8.55. The Bertz CT molecular complexity index is 314. The van der Waals surface area contributed by atoms with Crippen LogP contribution in [0.3, 0.4) is 0 Å². The molecule has 0 bridgehead atoms. The van der Waals surface area contributed by atoms with Gasteiger partial charge in [-0.1, -0.05) is 12.1 Å². The summed E-state index contributed by atoms with van der Waals surface area (Å²) in [4.78, 5) is 10.7. The van der Waals surface area contributed by atoms with Gasteiger partial charge in [0.1, 0.15) is 5.75 Å². The lowest BCUT2D eigenvalue weighted by atomic mass is 10.3. The molecular formula is C9H8BrClO2. The standard InChI is InChI=1S/C9H8BrClO2/c1-6(9(11)12)13-8-5-3-2-4-7(8)10/h2-6H,1H3/t6-/m0/s1. The van der Waals surface area contributed by atoms with E-state index in [0.29, 0.717) is 5.75 Å². The van der Waals surface area contributed by atoms with Crippen LogP contribution in [-0.4, -0.2) is 11.3 Å². The summed E-state index contributed by atoms with van der Waals surface area (Å²) in [6.45, 7) is 1.61. The van der Waals surface area contributed by atoms with Crippen LogP contribution in [-0.2, 0) is 4.79 Å². The molecular weight excluding hydrogens is 255 g/mol. The van der Waals surface area contributed by atoms with E-state index in [0.717, 1.165) is 4.47 Å². The van der Waals surface area contributed by atoms with E-state index in [2.05, 4.69) is 15.9 Å². The smallest absolute Gasteiger partial charge is 0.262 e. The quantitative estimate of drug-likeness (QED) is 0.784. The summed E-state index contributed by atoms with van der Waals surface area (Å²) in [5.74, 6) is 0.615. The number of halogens is 2. The summed E-state index contributed by atoms with van der Waals surface area (Å²) in [7, 11) is 0. The van der Waals surface area contributed by atoms with Crippen molar-refractivity contribution in [2.24, 2.45) is 0 Å². The van der Waals surface area contributed by atoms with Crippen molar-refractivity contribution in [2.45, 2.75) is 13.0 Å². The molecule has 0 aliphatic carbocycles. The second-order valence-electron chi connectivity index (χ2n) is 2.49. The Morgan fingerprint density at radius 1 is 1.54 bits per heavy atom. The van der Waals surface area contributed by atoms with Crippen molar-refractivity contribution in [3.63, 3.8) is 0 Å². The first kappa shape index (κ1) is 10.5. The van der Waals surface area contributed by atoms with Crippen LogP contribution in [0.2, 0.25) is 0 Å². The van der Waals surface area contributed by atoms with E-state index in [4.69, 9.17) is 16.3 Å². The Kier molecular flexibility index (Phi) is 3.75. The monoisotopic (exact) mass is 262 g/mol. The molecule has 0 N–H and O–H groups in total. The third-order valence-corrected chi connectivity index (χ3v) is 2.42. The van der Waals surface area contributed by atoms with Crippen LogP contribution in [0.25, 0.3) is 0 Å². The van der Waals surface area contributed by atoms with Crippen molar-refractivity contribution >= 4 is 32.8 Å². The van der Waals surface area contributed by atoms with Crippen molar-refractivity contribution in [2.75, 3.05) is 0 Å². The van der Waals surface area contributed by atoms with E-state index in [1.165, 1.54) is 0 Å². The Hall–Kier alpha value is -0.540. The third kappa shape index (κ3) is 3.01. The van der Waals surface area contributed by atoms with Gasteiger partial charge in [-0.2, -0.15) is 0 Å². The summed E-state index contributed by atoms with van der Waals surface area (Å²) < 4.78 is 6.08. The molecule has 0 unspecified atom stereocenters. The predicted molar refractivity (Wildman–Crippen MR) is 55.1 cm³/mol. The SMILES string of the molecule is C[C@H](Oc1ccccc1Br)C(=O)Cl. The highest BCUT2D eigenvalue weighted by atomic mass is 79.9. The van der Waals surface area contributed by atoms with Crippen molar-refractivity contribution < 1.29 is 9.53 Å². The van der Waals surface area contributed by atoms with Gasteiger partial charge in [-0.15, -0.1) is 0 Å². The first-order chi connectivity index (χ1) is 6.11. The molecule has 0 aliphatic heterocycles. The Morgan fingerprint density at radius 2 is 2.15 bits per heavy atom. The normalized spacial score (nSPS) is 12.2. The molecule has 13 heavy (non-hydrogen) atoms. The fourth-order valence-electron chi connectivity index (χ4n) is 0.777. The zero-order valence-electron chi connectivity index (χ0n) is 6.96. The van der Waals surface area contributed by atoms with Gasteiger partial charge < -0.3 is 4.74 Å². The van der Waals surface area contributed by atoms with E-state index >= 15 is 0 Å². The highest BCUT2D eigenvalue weighted by molar-refractivity contribution is 9.10. The summed E-state index contributed by atoms with van der Waals surface area (Å²) in [6, 6.07) is 7.29. The molecule has 0 saturated carbocycles. The molecule has 1 aromatic carbocycles. The van der Waals surface area contributed by atoms with E-state index in [1.54, 1.807) is 13.0 Å².